The average molecular weight is 256 g/mol. The number of hydrogen-bond acceptors (Lipinski definition) is 1. The minimum absolute atomic E-state index is 0. The van der Waals surface area contributed by atoms with E-state index in [9.17, 15) is 0 Å². The van der Waals surface area contributed by atoms with E-state index < -0.39 is 0 Å². The molecular formula is C4H10NW+. The van der Waals surface area contributed by atoms with Gasteiger partial charge in [0.15, 0.2) is 0 Å². The second-order valence-electron chi connectivity index (χ2n) is 0.957. The standard InChI is InChI=1S/C4H10N.W/c1-3-4-5-2;/h5H,1,3-4H2,2H3;/q-1;+2. The molecule has 6 heavy (non-hydrogen) atoms. The zero-order valence-electron chi connectivity index (χ0n) is 4.03. The molecule has 1 N–H and O–H groups in total. The van der Waals surface area contributed by atoms with Gasteiger partial charge in [-0.05, 0) is 13.6 Å². The van der Waals surface area contributed by atoms with E-state index in [0.717, 1.165) is 13.0 Å². The molecule has 0 saturated carbocycles. The molecule has 0 heterocycles. The number of rotatable bonds is 2. The van der Waals surface area contributed by atoms with Crippen LogP contribution in [0, 0.1) is 6.92 Å². The molecule has 36 valence electrons. The molecule has 0 spiro atoms. The Bertz CT molecular complexity index is 15.0. The van der Waals surface area contributed by atoms with Crippen LogP contribution in [0.3, 0.4) is 0 Å². The maximum absolute atomic E-state index is 3.61. The van der Waals surface area contributed by atoms with Crippen molar-refractivity contribution < 1.29 is 21.1 Å². The summed E-state index contributed by atoms with van der Waals surface area (Å²) in [5.41, 5.74) is 0. The first-order valence-corrected chi connectivity index (χ1v) is 1.85. The monoisotopic (exact) mass is 256 g/mol. The molecule has 0 fully saturated rings. The Kier molecular flexibility index (Phi) is 15.0. The minimum Gasteiger partial charge on any atom is -0.342 e. The van der Waals surface area contributed by atoms with Gasteiger partial charge < -0.3 is 12.2 Å². The van der Waals surface area contributed by atoms with Gasteiger partial charge in [0.2, 0.25) is 0 Å². The van der Waals surface area contributed by atoms with E-state index in [0.29, 0.717) is 0 Å². The summed E-state index contributed by atoms with van der Waals surface area (Å²) in [4.78, 5) is 0. The summed E-state index contributed by atoms with van der Waals surface area (Å²) in [6.07, 6.45) is 0.983. The van der Waals surface area contributed by atoms with Gasteiger partial charge in [0.25, 0.3) is 0 Å². The molecule has 0 saturated heterocycles. The van der Waals surface area contributed by atoms with Crippen LogP contribution < -0.4 is 5.32 Å². The van der Waals surface area contributed by atoms with Gasteiger partial charge in [0.1, 0.15) is 0 Å². The third kappa shape index (κ3) is 8.82. The summed E-state index contributed by atoms with van der Waals surface area (Å²) in [7, 11) is 1.92. The van der Waals surface area contributed by atoms with Crippen LogP contribution in [0.4, 0.5) is 0 Å². The Morgan fingerprint density at radius 2 is 2.17 bits per heavy atom. The van der Waals surface area contributed by atoms with Gasteiger partial charge in [-0.1, -0.05) is 0 Å². The van der Waals surface area contributed by atoms with E-state index in [1.54, 1.807) is 0 Å². The number of hydrogen-bond donors (Lipinski definition) is 1. The Morgan fingerprint density at radius 1 is 1.67 bits per heavy atom. The molecule has 0 unspecified atom stereocenters. The Labute approximate surface area is 53.8 Å². The summed E-state index contributed by atoms with van der Waals surface area (Å²) in [5.74, 6) is 0. The fourth-order valence-corrected chi connectivity index (χ4v) is 0.177. The second-order valence-corrected chi connectivity index (χ2v) is 0.957. The number of nitrogens with one attached hydrogen (secondary N) is 1. The molecule has 0 aromatic heterocycles. The van der Waals surface area contributed by atoms with Crippen molar-refractivity contribution in [2.24, 2.45) is 0 Å². The normalized spacial score (nSPS) is 7.00. The van der Waals surface area contributed by atoms with Gasteiger partial charge >= 0.3 is 21.1 Å². The molecule has 0 radical (unpaired) electrons. The molecule has 0 bridgehead atoms. The zero-order valence-corrected chi connectivity index (χ0v) is 6.96. The van der Waals surface area contributed by atoms with Crippen LogP contribution in [-0.2, 0) is 21.1 Å². The molecule has 0 aromatic carbocycles. The van der Waals surface area contributed by atoms with Crippen molar-refractivity contribution >= 4 is 0 Å². The van der Waals surface area contributed by atoms with Crippen molar-refractivity contribution in [3.63, 3.8) is 0 Å². The van der Waals surface area contributed by atoms with Gasteiger partial charge in [-0.15, -0.1) is 0 Å². The Balaban J connectivity index is 0. The van der Waals surface area contributed by atoms with E-state index in [-0.39, 0.29) is 21.1 Å². The summed E-state index contributed by atoms with van der Waals surface area (Å²) in [6, 6.07) is 0. The quantitative estimate of drug-likeness (QED) is 0.706. The predicted molar refractivity (Wildman–Crippen MR) is 23.9 cm³/mol. The fraction of sp³-hybridized carbons (Fsp3) is 0.750. The average Bonchev–Trinajstić information content (AvgIpc) is 1.41. The topological polar surface area (TPSA) is 12.0 Å². The minimum atomic E-state index is 0. The first kappa shape index (κ1) is 9.82. The first-order valence-electron chi connectivity index (χ1n) is 1.85. The molecule has 0 aliphatic carbocycles. The van der Waals surface area contributed by atoms with Crippen LogP contribution in [-0.4, -0.2) is 13.6 Å². The molecular weight excluding hydrogens is 246 g/mol. The third-order valence-corrected chi connectivity index (χ3v) is 0.427. The molecule has 0 rings (SSSR count). The summed E-state index contributed by atoms with van der Waals surface area (Å²) in [6.45, 7) is 4.64. The van der Waals surface area contributed by atoms with E-state index in [1.165, 1.54) is 0 Å². The molecule has 1 nitrogen and oxygen atoms in total. The molecule has 0 aliphatic heterocycles. The van der Waals surface area contributed by atoms with Crippen molar-refractivity contribution in [2.45, 2.75) is 6.42 Å². The van der Waals surface area contributed by atoms with Crippen LogP contribution in [0.15, 0.2) is 0 Å². The molecule has 0 aliphatic rings. The van der Waals surface area contributed by atoms with Crippen molar-refractivity contribution in [1.82, 2.24) is 5.32 Å². The third-order valence-electron chi connectivity index (χ3n) is 0.427. The predicted octanol–water partition coefficient (Wildman–Crippen LogP) is 0.427. The van der Waals surface area contributed by atoms with Gasteiger partial charge in [0.05, 0.1) is 0 Å². The van der Waals surface area contributed by atoms with Crippen molar-refractivity contribution in [3.8, 4) is 0 Å². The van der Waals surface area contributed by atoms with Crippen LogP contribution in [0.2, 0.25) is 0 Å². The zero-order chi connectivity index (χ0) is 4.12. The van der Waals surface area contributed by atoms with Gasteiger partial charge in [-0.25, -0.2) is 0 Å². The molecule has 0 atom stereocenters. The maximum atomic E-state index is 3.61. The first-order chi connectivity index (χ1) is 2.41. The van der Waals surface area contributed by atoms with Crippen LogP contribution in [0.1, 0.15) is 6.42 Å². The van der Waals surface area contributed by atoms with Crippen molar-refractivity contribution in [3.05, 3.63) is 6.92 Å². The fourth-order valence-electron chi connectivity index (χ4n) is 0.177. The maximum Gasteiger partial charge on any atom is 2.00 e. The Hall–Kier alpha value is 0.648. The van der Waals surface area contributed by atoms with Gasteiger partial charge in [-0.3, -0.25) is 0 Å². The van der Waals surface area contributed by atoms with Crippen LogP contribution in [0.25, 0.3) is 0 Å². The van der Waals surface area contributed by atoms with Crippen molar-refractivity contribution in [2.75, 3.05) is 13.6 Å². The summed E-state index contributed by atoms with van der Waals surface area (Å²) < 4.78 is 0. The smallest absolute Gasteiger partial charge is 0.342 e. The molecule has 2 heteroatoms. The van der Waals surface area contributed by atoms with Crippen molar-refractivity contribution in [1.29, 1.82) is 0 Å². The SMILES string of the molecule is [CH2-]CCNC.[W+2]. The van der Waals surface area contributed by atoms with Crippen LogP contribution in [0.5, 0.6) is 0 Å². The summed E-state index contributed by atoms with van der Waals surface area (Å²) in [5, 5.41) is 2.95. The van der Waals surface area contributed by atoms with E-state index >= 15 is 0 Å². The summed E-state index contributed by atoms with van der Waals surface area (Å²) >= 11 is 0. The molecule has 0 aromatic rings. The molecule has 0 amide bonds. The Morgan fingerprint density at radius 3 is 2.17 bits per heavy atom. The van der Waals surface area contributed by atoms with E-state index in [1.807, 2.05) is 7.05 Å². The van der Waals surface area contributed by atoms with Crippen LogP contribution >= 0.6 is 0 Å². The second kappa shape index (κ2) is 9.17. The van der Waals surface area contributed by atoms with Gasteiger partial charge in [0, 0.05) is 0 Å². The van der Waals surface area contributed by atoms with E-state index in [2.05, 4.69) is 12.2 Å². The van der Waals surface area contributed by atoms with Gasteiger partial charge in [-0.2, -0.15) is 6.42 Å². The van der Waals surface area contributed by atoms with E-state index in [4.69, 9.17) is 0 Å². The largest absolute Gasteiger partial charge is 2.00 e.